The van der Waals surface area contributed by atoms with E-state index in [0.29, 0.717) is 6.54 Å². The van der Waals surface area contributed by atoms with E-state index < -0.39 is 9.84 Å². The number of nitrogens with zero attached hydrogens (tertiary/aromatic N) is 1. The van der Waals surface area contributed by atoms with E-state index in [1.807, 2.05) is 4.90 Å². The third kappa shape index (κ3) is 2.91. The Balaban J connectivity index is 0.00000156. The molecule has 2 saturated heterocycles. The van der Waals surface area contributed by atoms with Gasteiger partial charge in [-0.1, -0.05) is 12.8 Å². The van der Waals surface area contributed by atoms with E-state index in [9.17, 15) is 13.2 Å². The number of piperidine rings is 1. The van der Waals surface area contributed by atoms with Gasteiger partial charge in [0.1, 0.15) is 0 Å². The number of fused-ring (bicyclic) bond motifs is 1. The van der Waals surface area contributed by atoms with Crippen LogP contribution >= 0.6 is 12.4 Å². The van der Waals surface area contributed by atoms with Gasteiger partial charge in [0.25, 0.3) is 0 Å². The molecule has 0 aromatic rings. The Kier molecular flexibility index (Phi) is 4.71. The molecule has 3 unspecified atom stereocenters. The number of carbonyl (C=O) groups excluding carboxylic acids is 1. The van der Waals surface area contributed by atoms with Crippen molar-refractivity contribution in [3.05, 3.63) is 0 Å². The monoisotopic (exact) mass is 362 g/mol. The molecule has 3 atom stereocenters. The predicted molar refractivity (Wildman–Crippen MR) is 91.4 cm³/mol. The molecule has 4 aliphatic rings. The van der Waals surface area contributed by atoms with E-state index in [1.165, 1.54) is 0 Å². The van der Waals surface area contributed by atoms with Gasteiger partial charge in [-0.3, -0.25) is 4.79 Å². The van der Waals surface area contributed by atoms with Crippen LogP contribution in [0.15, 0.2) is 0 Å². The van der Waals surface area contributed by atoms with Crippen molar-refractivity contribution in [3.63, 3.8) is 0 Å². The molecule has 1 spiro atoms. The van der Waals surface area contributed by atoms with Gasteiger partial charge in [-0.25, -0.2) is 8.42 Å². The predicted octanol–water partition coefficient (Wildman–Crippen LogP) is 1.37. The summed E-state index contributed by atoms with van der Waals surface area (Å²) in [5.74, 6) is 0.591. The Morgan fingerprint density at radius 1 is 1.13 bits per heavy atom. The number of hydrogen-bond donors (Lipinski definition) is 1. The number of rotatable bonds is 1. The minimum absolute atomic E-state index is 0. The summed E-state index contributed by atoms with van der Waals surface area (Å²) in [4.78, 5) is 15.0. The van der Waals surface area contributed by atoms with Crippen LogP contribution in [0.1, 0.15) is 44.9 Å². The lowest BCUT2D eigenvalue weighted by Gasteiger charge is -2.44. The zero-order valence-corrected chi connectivity index (χ0v) is 15.1. The van der Waals surface area contributed by atoms with Gasteiger partial charge in [0.15, 0.2) is 9.84 Å². The molecule has 2 aliphatic carbocycles. The molecule has 0 bridgehead atoms. The standard InChI is InChI=1S/C16H26N2O3S.ClH/c19-15(12-11-16(12)5-7-17-8-6-16)18-9-10-22(20,21)14-4-2-1-3-13(14)18;/h12-14,17H,1-11H2;1H. The normalized spacial score (nSPS) is 37.6. The number of amides is 1. The summed E-state index contributed by atoms with van der Waals surface area (Å²) in [5.41, 5.74) is 0.239. The van der Waals surface area contributed by atoms with Gasteiger partial charge in [0, 0.05) is 18.5 Å². The van der Waals surface area contributed by atoms with Crippen LogP contribution in [-0.2, 0) is 14.6 Å². The fraction of sp³-hybridized carbons (Fsp3) is 0.938. The van der Waals surface area contributed by atoms with Gasteiger partial charge in [-0.05, 0) is 50.6 Å². The third-order valence-corrected chi connectivity index (χ3v) is 8.74. The van der Waals surface area contributed by atoms with Crippen LogP contribution in [0, 0.1) is 11.3 Å². The number of carbonyl (C=O) groups is 1. The number of halogens is 1. The summed E-state index contributed by atoms with van der Waals surface area (Å²) in [7, 11) is -2.99. The van der Waals surface area contributed by atoms with Crippen LogP contribution in [0.5, 0.6) is 0 Å². The first-order valence-electron chi connectivity index (χ1n) is 8.76. The maximum absolute atomic E-state index is 13.0. The Morgan fingerprint density at radius 2 is 1.83 bits per heavy atom. The van der Waals surface area contributed by atoms with Crippen molar-refractivity contribution >= 4 is 28.2 Å². The average molecular weight is 363 g/mol. The zero-order valence-electron chi connectivity index (χ0n) is 13.5. The highest BCUT2D eigenvalue weighted by molar-refractivity contribution is 7.92. The van der Waals surface area contributed by atoms with Crippen molar-refractivity contribution in [1.82, 2.24) is 10.2 Å². The average Bonchev–Trinajstić information content (AvgIpc) is 3.21. The van der Waals surface area contributed by atoms with E-state index in [1.54, 1.807) is 0 Å². The van der Waals surface area contributed by atoms with Crippen molar-refractivity contribution in [2.75, 3.05) is 25.4 Å². The molecule has 0 aromatic heterocycles. The molecule has 23 heavy (non-hydrogen) atoms. The summed E-state index contributed by atoms with van der Waals surface area (Å²) < 4.78 is 24.6. The van der Waals surface area contributed by atoms with Crippen molar-refractivity contribution in [3.8, 4) is 0 Å². The van der Waals surface area contributed by atoms with E-state index >= 15 is 0 Å². The van der Waals surface area contributed by atoms with Crippen LogP contribution in [0.4, 0.5) is 0 Å². The highest BCUT2D eigenvalue weighted by atomic mass is 35.5. The summed E-state index contributed by atoms with van der Waals surface area (Å²) in [6.45, 7) is 2.46. The van der Waals surface area contributed by atoms with Gasteiger partial charge < -0.3 is 10.2 Å². The molecule has 5 nitrogen and oxygen atoms in total. The zero-order chi connectivity index (χ0) is 15.4. The van der Waals surface area contributed by atoms with Crippen LogP contribution in [0.2, 0.25) is 0 Å². The Labute approximate surface area is 144 Å². The van der Waals surface area contributed by atoms with Crippen LogP contribution in [0.25, 0.3) is 0 Å². The van der Waals surface area contributed by atoms with Gasteiger partial charge in [-0.2, -0.15) is 0 Å². The molecule has 132 valence electrons. The molecule has 2 aliphatic heterocycles. The lowest BCUT2D eigenvalue weighted by molar-refractivity contribution is -0.136. The Morgan fingerprint density at radius 3 is 2.57 bits per heavy atom. The molecule has 2 heterocycles. The van der Waals surface area contributed by atoms with Crippen molar-refractivity contribution in [2.24, 2.45) is 11.3 Å². The molecule has 2 saturated carbocycles. The molecule has 4 rings (SSSR count). The lowest BCUT2D eigenvalue weighted by Crippen LogP contribution is -2.58. The fourth-order valence-electron chi connectivity index (χ4n) is 5.04. The number of sulfone groups is 1. The minimum Gasteiger partial charge on any atom is -0.337 e. The second-order valence-corrected chi connectivity index (χ2v) is 10.00. The van der Waals surface area contributed by atoms with Gasteiger partial charge in [-0.15, -0.1) is 12.4 Å². The van der Waals surface area contributed by atoms with Crippen molar-refractivity contribution in [2.45, 2.75) is 56.2 Å². The quantitative estimate of drug-likeness (QED) is 0.765. The molecule has 0 aromatic carbocycles. The second-order valence-electron chi connectivity index (χ2n) is 7.66. The molecular weight excluding hydrogens is 336 g/mol. The third-order valence-electron chi connectivity index (χ3n) is 6.52. The largest absolute Gasteiger partial charge is 0.337 e. The summed E-state index contributed by atoms with van der Waals surface area (Å²) >= 11 is 0. The molecule has 0 radical (unpaired) electrons. The molecule has 7 heteroatoms. The first-order chi connectivity index (χ1) is 10.5. The molecular formula is C16H27ClN2O3S. The van der Waals surface area contributed by atoms with Crippen LogP contribution < -0.4 is 5.32 Å². The van der Waals surface area contributed by atoms with Gasteiger partial charge in [0.2, 0.25) is 5.91 Å². The Bertz CT molecular complexity index is 574. The molecule has 1 N–H and O–H groups in total. The summed E-state index contributed by atoms with van der Waals surface area (Å²) in [5, 5.41) is 3.08. The minimum atomic E-state index is -2.99. The van der Waals surface area contributed by atoms with E-state index in [0.717, 1.165) is 58.0 Å². The number of nitrogens with one attached hydrogen (secondary N) is 1. The SMILES string of the molecule is Cl.O=C(C1CC12CCNCC2)N1CCS(=O)(=O)C2CCCCC21. The summed E-state index contributed by atoms with van der Waals surface area (Å²) in [6.07, 6.45) is 6.89. The van der Waals surface area contributed by atoms with Crippen LogP contribution in [0.3, 0.4) is 0 Å². The van der Waals surface area contributed by atoms with Crippen molar-refractivity contribution in [1.29, 1.82) is 0 Å². The van der Waals surface area contributed by atoms with E-state index in [-0.39, 0.29) is 46.7 Å². The maximum Gasteiger partial charge on any atom is 0.226 e. The number of hydrogen-bond acceptors (Lipinski definition) is 4. The van der Waals surface area contributed by atoms with Gasteiger partial charge in [0.05, 0.1) is 11.0 Å². The smallest absolute Gasteiger partial charge is 0.226 e. The van der Waals surface area contributed by atoms with Crippen LogP contribution in [-0.4, -0.2) is 55.9 Å². The summed E-state index contributed by atoms with van der Waals surface area (Å²) in [6, 6.07) is -0.0423. The first-order valence-corrected chi connectivity index (χ1v) is 10.5. The Hall–Kier alpha value is -0.330. The van der Waals surface area contributed by atoms with E-state index in [2.05, 4.69) is 5.32 Å². The molecule has 4 fully saturated rings. The lowest BCUT2D eigenvalue weighted by atomic mass is 9.90. The highest BCUT2D eigenvalue weighted by Gasteiger charge is 2.60. The van der Waals surface area contributed by atoms with Crippen molar-refractivity contribution < 1.29 is 13.2 Å². The molecule has 1 amide bonds. The van der Waals surface area contributed by atoms with E-state index in [4.69, 9.17) is 0 Å². The maximum atomic E-state index is 13.0. The topological polar surface area (TPSA) is 66.5 Å². The fourth-order valence-corrected chi connectivity index (χ4v) is 7.08. The van der Waals surface area contributed by atoms with Gasteiger partial charge >= 0.3 is 0 Å². The first kappa shape index (κ1) is 17.5. The second kappa shape index (κ2) is 6.19. The highest BCUT2D eigenvalue weighted by Crippen LogP contribution is 2.59.